The van der Waals surface area contributed by atoms with E-state index in [0.29, 0.717) is 18.3 Å². The molecule has 26 heavy (non-hydrogen) atoms. The van der Waals surface area contributed by atoms with Crippen molar-refractivity contribution in [2.24, 2.45) is 22.7 Å². The highest BCUT2D eigenvalue weighted by Crippen LogP contribution is 2.71. The summed E-state index contributed by atoms with van der Waals surface area (Å²) in [6.07, 6.45) is 5.23. The van der Waals surface area contributed by atoms with E-state index in [1.807, 2.05) is 24.3 Å². The van der Waals surface area contributed by atoms with E-state index in [1.165, 1.54) is 6.33 Å². The molecule has 1 heterocycles. The first-order valence-corrected chi connectivity index (χ1v) is 9.58. The molecule has 3 saturated carbocycles. The molecule has 5 heteroatoms. The third kappa shape index (κ3) is 2.39. The van der Waals surface area contributed by atoms with Crippen LogP contribution in [0, 0.1) is 22.7 Å². The van der Waals surface area contributed by atoms with Crippen molar-refractivity contribution in [2.75, 3.05) is 0 Å². The van der Waals surface area contributed by atoms with E-state index in [9.17, 15) is 5.11 Å². The van der Waals surface area contributed by atoms with Crippen molar-refractivity contribution in [3.8, 4) is 0 Å². The van der Waals surface area contributed by atoms with E-state index >= 15 is 0 Å². The first-order valence-electron chi connectivity index (χ1n) is 9.20. The van der Waals surface area contributed by atoms with Gasteiger partial charge < -0.3 is 5.11 Å². The Labute approximate surface area is 159 Å². The van der Waals surface area contributed by atoms with Crippen LogP contribution in [0.1, 0.15) is 45.5 Å². The third-order valence-electron chi connectivity index (χ3n) is 7.14. The van der Waals surface area contributed by atoms with E-state index in [0.717, 1.165) is 28.4 Å². The summed E-state index contributed by atoms with van der Waals surface area (Å²) in [5.41, 5.74) is 1.12. The maximum atomic E-state index is 12.0. The number of hydrogen-bond donors (Lipinski definition) is 2. The predicted octanol–water partition coefficient (Wildman–Crippen LogP) is 4.52. The second-order valence-electron chi connectivity index (χ2n) is 9.00. The van der Waals surface area contributed by atoms with Crippen molar-refractivity contribution < 1.29 is 5.11 Å². The molecule has 3 aliphatic carbocycles. The lowest BCUT2D eigenvalue weighted by Gasteiger charge is -2.70. The minimum atomic E-state index is -0.963. The Morgan fingerprint density at radius 1 is 1.23 bits per heavy atom. The molecule has 0 amide bonds. The molecule has 2 aromatic rings. The normalized spacial score (nSPS) is 33.1. The molecule has 5 rings (SSSR count). The topological polar surface area (TPSA) is 61.8 Å². The van der Waals surface area contributed by atoms with E-state index in [-0.39, 0.29) is 10.8 Å². The number of H-pyrrole nitrogens is 1. The van der Waals surface area contributed by atoms with Gasteiger partial charge in [-0.1, -0.05) is 57.5 Å². The van der Waals surface area contributed by atoms with Crippen LogP contribution in [0.15, 0.2) is 36.2 Å². The second-order valence-corrected chi connectivity index (χ2v) is 9.44. The third-order valence-corrected chi connectivity index (χ3v) is 7.39. The molecular weight excluding hydrogens is 346 g/mol. The fourth-order valence-electron chi connectivity index (χ4n) is 5.47. The summed E-state index contributed by atoms with van der Waals surface area (Å²) < 4.78 is 0. The van der Waals surface area contributed by atoms with Crippen LogP contribution in [0.25, 0.3) is 6.08 Å². The zero-order valence-electron chi connectivity index (χ0n) is 15.8. The van der Waals surface area contributed by atoms with Crippen LogP contribution in [0.2, 0.25) is 5.02 Å². The number of aromatic nitrogens is 3. The number of benzene rings is 1. The lowest BCUT2D eigenvalue weighted by Crippen LogP contribution is -2.69. The van der Waals surface area contributed by atoms with Gasteiger partial charge in [0, 0.05) is 16.9 Å². The quantitative estimate of drug-likeness (QED) is 0.833. The van der Waals surface area contributed by atoms with Crippen molar-refractivity contribution in [1.82, 2.24) is 15.2 Å². The summed E-state index contributed by atoms with van der Waals surface area (Å²) in [6, 6.07) is 7.81. The van der Waals surface area contributed by atoms with E-state index in [2.05, 4.69) is 49.0 Å². The zero-order valence-corrected chi connectivity index (χ0v) is 16.5. The van der Waals surface area contributed by atoms with Gasteiger partial charge in [0.25, 0.3) is 0 Å². The van der Waals surface area contributed by atoms with Crippen LogP contribution >= 0.6 is 11.6 Å². The van der Waals surface area contributed by atoms with Gasteiger partial charge >= 0.3 is 0 Å². The average molecular weight is 372 g/mol. The number of fused-ring (bicyclic) bond motifs is 2. The number of rotatable bonds is 3. The Kier molecular flexibility index (Phi) is 3.87. The largest absolute Gasteiger partial charge is 0.384 e. The number of aromatic amines is 1. The first kappa shape index (κ1) is 17.7. The Bertz CT molecular complexity index is 839. The predicted molar refractivity (Wildman–Crippen MR) is 104 cm³/mol. The summed E-state index contributed by atoms with van der Waals surface area (Å²) in [4.78, 5) is 4.28. The van der Waals surface area contributed by atoms with Crippen LogP contribution in [-0.4, -0.2) is 25.9 Å². The molecule has 1 aromatic carbocycles. The van der Waals surface area contributed by atoms with Gasteiger partial charge in [-0.2, -0.15) is 5.10 Å². The van der Waals surface area contributed by atoms with Gasteiger partial charge in [0.05, 0.1) is 5.60 Å². The van der Waals surface area contributed by atoms with Gasteiger partial charge in [-0.05, 0) is 46.9 Å². The zero-order chi connectivity index (χ0) is 18.7. The van der Waals surface area contributed by atoms with Crippen molar-refractivity contribution in [1.29, 1.82) is 0 Å². The molecule has 0 aliphatic heterocycles. The molecule has 0 radical (unpaired) electrons. The highest BCUT2D eigenvalue weighted by atomic mass is 35.5. The molecule has 138 valence electrons. The Morgan fingerprint density at radius 2 is 1.92 bits per heavy atom. The van der Waals surface area contributed by atoms with Gasteiger partial charge in [-0.15, -0.1) is 0 Å². The van der Waals surface area contributed by atoms with Crippen LogP contribution in [-0.2, 0) is 6.42 Å². The number of aliphatic hydroxyl groups is 1. The molecular formula is C21H26ClN3O. The fourth-order valence-corrected chi connectivity index (χ4v) is 5.60. The Hall–Kier alpha value is -1.65. The molecule has 1 aromatic heterocycles. The molecule has 3 unspecified atom stereocenters. The van der Waals surface area contributed by atoms with Crippen LogP contribution in [0.4, 0.5) is 0 Å². The summed E-state index contributed by atoms with van der Waals surface area (Å²) in [6.45, 7) is 9.05. The highest BCUT2D eigenvalue weighted by molar-refractivity contribution is 6.30. The van der Waals surface area contributed by atoms with E-state index in [1.54, 1.807) is 0 Å². The maximum absolute atomic E-state index is 12.0. The lowest BCUT2D eigenvalue weighted by atomic mass is 9.35. The summed E-state index contributed by atoms with van der Waals surface area (Å²) in [5.74, 6) is 1.56. The van der Waals surface area contributed by atoms with E-state index < -0.39 is 5.60 Å². The first-order chi connectivity index (χ1) is 12.2. The number of halogens is 1. The van der Waals surface area contributed by atoms with Crippen molar-refractivity contribution >= 4 is 17.7 Å². The lowest BCUT2D eigenvalue weighted by molar-refractivity contribution is -0.209. The number of nitrogens with zero attached hydrogens (tertiary/aromatic N) is 2. The monoisotopic (exact) mass is 371 g/mol. The average Bonchev–Trinajstić information content (AvgIpc) is 3.06. The highest BCUT2D eigenvalue weighted by Gasteiger charge is 2.69. The second kappa shape index (κ2) is 5.67. The van der Waals surface area contributed by atoms with Crippen molar-refractivity contribution in [3.63, 3.8) is 0 Å². The molecule has 2 N–H and O–H groups in total. The minimum Gasteiger partial charge on any atom is -0.384 e. The molecule has 2 bridgehead atoms. The number of hydrogen-bond acceptors (Lipinski definition) is 3. The van der Waals surface area contributed by atoms with Crippen molar-refractivity contribution in [3.05, 3.63) is 52.6 Å². The summed E-state index contributed by atoms with van der Waals surface area (Å²) >= 11 is 6.04. The molecule has 0 saturated heterocycles. The fraction of sp³-hybridized carbons (Fsp3) is 0.524. The minimum absolute atomic E-state index is 0.176. The van der Waals surface area contributed by atoms with Gasteiger partial charge in [-0.25, -0.2) is 4.98 Å². The molecule has 3 atom stereocenters. The summed E-state index contributed by atoms with van der Waals surface area (Å²) in [5, 5.41) is 19.6. The molecule has 0 spiro atoms. The Balaban J connectivity index is 1.84. The smallest absolute Gasteiger partial charge is 0.137 e. The molecule has 3 aliphatic rings. The molecule has 4 nitrogen and oxygen atoms in total. The standard InChI is InChI=1S/C21H26ClN3O/c1-19(2)15-10-17(19)20(3,4)21(26,11-18-23-12-24-25-18)16(15)9-13-5-7-14(22)8-6-13/h5-9,12,15,17,26H,10-11H2,1-4H3,(H,23,24,25). The van der Waals surface area contributed by atoms with Gasteiger partial charge in [-0.3, -0.25) is 5.10 Å². The number of nitrogens with one attached hydrogen (secondary N) is 1. The molecule has 3 fully saturated rings. The van der Waals surface area contributed by atoms with Gasteiger partial charge in [0.15, 0.2) is 0 Å². The maximum Gasteiger partial charge on any atom is 0.137 e. The van der Waals surface area contributed by atoms with Crippen molar-refractivity contribution in [2.45, 2.75) is 46.1 Å². The summed E-state index contributed by atoms with van der Waals surface area (Å²) in [7, 11) is 0. The van der Waals surface area contributed by atoms with Crippen LogP contribution in [0.3, 0.4) is 0 Å². The van der Waals surface area contributed by atoms with Crippen LogP contribution in [0.5, 0.6) is 0 Å². The Morgan fingerprint density at radius 3 is 2.50 bits per heavy atom. The SMILES string of the molecule is CC1(C)C2CC1C(C)(C)C(O)(Cc1ncn[nH]1)C2=Cc1ccc(Cl)cc1. The van der Waals surface area contributed by atoms with Crippen LogP contribution < -0.4 is 0 Å². The van der Waals surface area contributed by atoms with Gasteiger partial charge in [0.1, 0.15) is 12.2 Å². The van der Waals surface area contributed by atoms with Gasteiger partial charge in [0.2, 0.25) is 0 Å². The van der Waals surface area contributed by atoms with E-state index in [4.69, 9.17) is 11.6 Å².